The average molecular weight is 341 g/mol. The fourth-order valence-electron chi connectivity index (χ4n) is 2.36. The van der Waals surface area contributed by atoms with Gasteiger partial charge in [-0.3, -0.25) is 24.3 Å². The highest BCUT2D eigenvalue weighted by Crippen LogP contribution is 2.21. The van der Waals surface area contributed by atoms with Gasteiger partial charge >= 0.3 is 5.69 Å². The quantitative estimate of drug-likeness (QED) is 0.636. The van der Waals surface area contributed by atoms with Crippen molar-refractivity contribution in [2.45, 2.75) is 33.9 Å². The Morgan fingerprint density at radius 1 is 1.43 bits per heavy atom. The number of halogens is 1. The van der Waals surface area contributed by atoms with Gasteiger partial charge in [0.1, 0.15) is 17.1 Å². The molecule has 23 heavy (non-hydrogen) atoms. The molecular weight excluding hydrogens is 324 g/mol. The van der Waals surface area contributed by atoms with Crippen LogP contribution in [0.4, 0.5) is 5.69 Å². The third-order valence-electron chi connectivity index (χ3n) is 3.44. The van der Waals surface area contributed by atoms with E-state index in [2.05, 4.69) is 15.5 Å². The number of hydrogen-bond donors (Lipinski definition) is 1. The first-order valence-electron chi connectivity index (χ1n) is 7.04. The highest BCUT2D eigenvalue weighted by Gasteiger charge is 2.22. The first kappa shape index (κ1) is 16.9. The van der Waals surface area contributed by atoms with Gasteiger partial charge in [-0.05, 0) is 20.8 Å². The topological polar surface area (TPSA) is 108 Å². The Bertz CT molecular complexity index is 751. The molecule has 0 fully saturated rings. The molecule has 0 aliphatic carbocycles. The van der Waals surface area contributed by atoms with E-state index in [1.54, 1.807) is 13.8 Å². The number of aromatic nitrogens is 4. The van der Waals surface area contributed by atoms with Crippen molar-refractivity contribution in [2.24, 2.45) is 0 Å². The van der Waals surface area contributed by atoms with Gasteiger partial charge in [0.2, 0.25) is 0 Å². The van der Waals surface area contributed by atoms with Crippen LogP contribution in [0.2, 0.25) is 5.02 Å². The summed E-state index contributed by atoms with van der Waals surface area (Å²) in [6, 6.07) is 0. The van der Waals surface area contributed by atoms with Crippen molar-refractivity contribution in [1.29, 1.82) is 0 Å². The lowest BCUT2D eigenvalue weighted by molar-refractivity contribution is -0.386. The summed E-state index contributed by atoms with van der Waals surface area (Å²) in [5.41, 5.74) is 1.11. The maximum Gasteiger partial charge on any atom is 0.312 e. The second-order valence-electron chi connectivity index (χ2n) is 4.91. The second-order valence-corrected chi connectivity index (χ2v) is 5.32. The number of nitrogens with zero attached hydrogens (tertiary/aromatic N) is 5. The van der Waals surface area contributed by atoms with Gasteiger partial charge in [-0.2, -0.15) is 10.2 Å². The van der Waals surface area contributed by atoms with E-state index < -0.39 is 4.92 Å². The van der Waals surface area contributed by atoms with Crippen molar-refractivity contribution in [2.75, 3.05) is 6.54 Å². The summed E-state index contributed by atoms with van der Waals surface area (Å²) in [6.07, 6.45) is 1.42. The summed E-state index contributed by atoms with van der Waals surface area (Å²) < 4.78 is 3.01. The molecule has 0 aliphatic rings. The molecule has 0 saturated carbocycles. The first-order valence-corrected chi connectivity index (χ1v) is 7.42. The van der Waals surface area contributed by atoms with Crippen LogP contribution in [0.1, 0.15) is 28.8 Å². The van der Waals surface area contributed by atoms with Crippen LogP contribution >= 0.6 is 11.6 Å². The smallest absolute Gasteiger partial charge is 0.312 e. The molecule has 0 spiro atoms. The maximum atomic E-state index is 12.2. The molecule has 10 heteroatoms. The molecule has 0 bridgehead atoms. The minimum Gasteiger partial charge on any atom is -0.349 e. The monoisotopic (exact) mass is 340 g/mol. The lowest BCUT2D eigenvalue weighted by Crippen LogP contribution is -2.30. The molecule has 2 aromatic heterocycles. The number of nitrogens with one attached hydrogen (secondary N) is 1. The van der Waals surface area contributed by atoms with E-state index >= 15 is 0 Å². The average Bonchev–Trinajstić information content (AvgIpc) is 2.99. The Morgan fingerprint density at radius 3 is 2.70 bits per heavy atom. The lowest BCUT2D eigenvalue weighted by Gasteiger charge is -2.08. The predicted molar refractivity (Wildman–Crippen MR) is 83.6 cm³/mol. The van der Waals surface area contributed by atoms with Crippen molar-refractivity contribution in [1.82, 2.24) is 24.9 Å². The Morgan fingerprint density at radius 2 is 2.13 bits per heavy atom. The van der Waals surface area contributed by atoms with Crippen molar-refractivity contribution in [3.8, 4) is 0 Å². The van der Waals surface area contributed by atoms with E-state index in [9.17, 15) is 14.9 Å². The minimum atomic E-state index is -0.452. The molecular formula is C13H17ClN6O3. The van der Waals surface area contributed by atoms with Crippen LogP contribution in [0.15, 0.2) is 6.20 Å². The van der Waals surface area contributed by atoms with Crippen LogP contribution in [0.3, 0.4) is 0 Å². The van der Waals surface area contributed by atoms with Crippen LogP contribution in [-0.2, 0) is 13.1 Å². The number of carbonyl (C=O) groups is 1. The van der Waals surface area contributed by atoms with E-state index in [-0.39, 0.29) is 23.2 Å². The third kappa shape index (κ3) is 3.34. The first-order chi connectivity index (χ1) is 10.9. The molecule has 9 nitrogen and oxygen atoms in total. The number of hydrogen-bond acceptors (Lipinski definition) is 5. The molecule has 1 N–H and O–H groups in total. The second kappa shape index (κ2) is 6.78. The van der Waals surface area contributed by atoms with Crippen LogP contribution in [0.25, 0.3) is 0 Å². The predicted octanol–water partition coefficient (Wildman–Crippen LogP) is 1.71. The van der Waals surface area contributed by atoms with Gasteiger partial charge in [0.25, 0.3) is 5.91 Å². The van der Waals surface area contributed by atoms with Crippen molar-refractivity contribution in [3.05, 3.63) is 38.4 Å². The Hall–Kier alpha value is -2.42. The van der Waals surface area contributed by atoms with Crippen LogP contribution in [-0.4, -0.2) is 36.9 Å². The van der Waals surface area contributed by atoms with E-state index in [0.29, 0.717) is 30.2 Å². The Labute approximate surface area is 137 Å². The number of amides is 1. The van der Waals surface area contributed by atoms with Crippen molar-refractivity contribution < 1.29 is 9.72 Å². The number of aryl methyl sites for hydroxylation is 2. The number of carbonyl (C=O) groups excluding carboxylic acids is 1. The highest BCUT2D eigenvalue weighted by molar-refractivity contribution is 6.33. The lowest BCUT2D eigenvalue weighted by atomic mass is 10.3. The molecule has 0 unspecified atom stereocenters. The molecule has 2 aromatic rings. The zero-order chi connectivity index (χ0) is 17.1. The fraction of sp³-hybridized carbons (Fsp3) is 0.462. The number of nitro groups is 1. The SMILES string of the molecule is CCn1ncc(Cl)c1C(=O)NCCn1nc(C)c([N+](=O)[O-])c1C. The Balaban J connectivity index is 2.03. The Kier molecular flexibility index (Phi) is 4.99. The molecule has 0 saturated heterocycles. The number of rotatable bonds is 6. The summed E-state index contributed by atoms with van der Waals surface area (Å²) >= 11 is 5.96. The zero-order valence-corrected chi connectivity index (χ0v) is 13.8. The molecule has 2 rings (SSSR count). The maximum absolute atomic E-state index is 12.2. The van der Waals surface area contributed by atoms with Gasteiger partial charge in [0.15, 0.2) is 0 Å². The van der Waals surface area contributed by atoms with Gasteiger partial charge in [-0.25, -0.2) is 0 Å². The van der Waals surface area contributed by atoms with Gasteiger partial charge in [0, 0.05) is 13.1 Å². The van der Waals surface area contributed by atoms with Gasteiger partial charge in [-0.1, -0.05) is 11.6 Å². The normalized spacial score (nSPS) is 10.8. The largest absolute Gasteiger partial charge is 0.349 e. The van der Waals surface area contributed by atoms with Crippen LogP contribution in [0.5, 0.6) is 0 Å². The van der Waals surface area contributed by atoms with Gasteiger partial charge < -0.3 is 5.32 Å². The van der Waals surface area contributed by atoms with E-state index in [4.69, 9.17) is 11.6 Å². The van der Waals surface area contributed by atoms with E-state index in [0.717, 1.165) is 0 Å². The third-order valence-corrected chi connectivity index (χ3v) is 3.72. The molecule has 124 valence electrons. The molecule has 0 aromatic carbocycles. The van der Waals surface area contributed by atoms with Gasteiger partial charge in [-0.15, -0.1) is 0 Å². The summed E-state index contributed by atoms with van der Waals surface area (Å²) in [6.45, 7) is 6.18. The summed E-state index contributed by atoms with van der Waals surface area (Å²) in [5, 5.41) is 22.1. The highest BCUT2D eigenvalue weighted by atomic mass is 35.5. The van der Waals surface area contributed by atoms with Gasteiger partial charge in [0.05, 0.1) is 22.7 Å². The molecule has 0 aliphatic heterocycles. The van der Waals surface area contributed by atoms with Crippen molar-refractivity contribution in [3.63, 3.8) is 0 Å². The summed E-state index contributed by atoms with van der Waals surface area (Å²) in [7, 11) is 0. The fourth-order valence-corrected chi connectivity index (χ4v) is 2.58. The van der Waals surface area contributed by atoms with E-state index in [1.807, 2.05) is 6.92 Å². The molecule has 0 atom stereocenters. The molecule has 0 radical (unpaired) electrons. The molecule has 1 amide bonds. The van der Waals surface area contributed by atoms with Crippen LogP contribution < -0.4 is 5.32 Å². The van der Waals surface area contributed by atoms with E-state index in [1.165, 1.54) is 15.6 Å². The van der Waals surface area contributed by atoms with Crippen LogP contribution in [0, 0.1) is 24.0 Å². The minimum absolute atomic E-state index is 0.00318. The zero-order valence-electron chi connectivity index (χ0n) is 13.0. The van der Waals surface area contributed by atoms with Crippen molar-refractivity contribution >= 4 is 23.2 Å². The summed E-state index contributed by atoms with van der Waals surface area (Å²) in [5.74, 6) is -0.342. The summed E-state index contributed by atoms with van der Waals surface area (Å²) in [4.78, 5) is 22.7. The standard InChI is InChI=1S/C13H17ClN6O3/c1-4-18-12(10(14)7-16-18)13(21)15-5-6-19-9(3)11(20(22)23)8(2)17-19/h7H,4-6H2,1-3H3,(H,15,21). The molecule has 2 heterocycles.